The highest BCUT2D eigenvalue weighted by Crippen LogP contribution is 2.08. The summed E-state index contributed by atoms with van der Waals surface area (Å²) in [6.45, 7) is 0. The highest BCUT2D eigenvalue weighted by molar-refractivity contribution is 6.04. The molecule has 0 aromatic carbocycles. The van der Waals surface area contributed by atoms with Crippen molar-refractivity contribution in [2.75, 3.05) is 5.32 Å². The Bertz CT molecular complexity index is 656. The van der Waals surface area contributed by atoms with Crippen molar-refractivity contribution in [3.8, 4) is 0 Å². The lowest BCUT2D eigenvalue weighted by Gasteiger charge is -2.04. The summed E-state index contributed by atoms with van der Waals surface area (Å²) >= 11 is 0. The molecule has 7 nitrogen and oxygen atoms in total. The Morgan fingerprint density at radius 3 is 2.53 bits per heavy atom. The Kier molecular flexibility index (Phi) is 3.37. The molecular weight excluding hydrogens is 250 g/mol. The average molecular weight is 259 g/mol. The summed E-state index contributed by atoms with van der Waals surface area (Å²) in [5.41, 5.74) is 0.231. The van der Waals surface area contributed by atoms with Crippen molar-refractivity contribution < 1.29 is 14.7 Å². The van der Waals surface area contributed by atoms with Gasteiger partial charge in [0.2, 0.25) is 5.56 Å². The molecular formula is C12H9N3O4. The second-order valence-electron chi connectivity index (χ2n) is 3.63. The molecule has 0 aliphatic carbocycles. The predicted molar refractivity (Wildman–Crippen MR) is 66.2 cm³/mol. The van der Waals surface area contributed by atoms with Crippen LogP contribution in [-0.4, -0.2) is 27.0 Å². The van der Waals surface area contributed by atoms with E-state index in [1.807, 2.05) is 0 Å². The Hall–Kier alpha value is -2.96. The third-order valence-electron chi connectivity index (χ3n) is 2.29. The summed E-state index contributed by atoms with van der Waals surface area (Å²) < 4.78 is 0. The Balaban J connectivity index is 2.12. The Morgan fingerprint density at radius 2 is 2.00 bits per heavy atom. The van der Waals surface area contributed by atoms with E-state index < -0.39 is 11.9 Å². The van der Waals surface area contributed by atoms with E-state index in [2.05, 4.69) is 15.3 Å². The molecule has 0 radical (unpaired) electrons. The maximum atomic E-state index is 11.8. The Labute approximate surface area is 106 Å². The van der Waals surface area contributed by atoms with Gasteiger partial charge in [-0.15, -0.1) is 0 Å². The van der Waals surface area contributed by atoms with Crippen molar-refractivity contribution in [1.82, 2.24) is 9.97 Å². The first kappa shape index (κ1) is 12.5. The van der Waals surface area contributed by atoms with E-state index in [0.717, 1.165) is 0 Å². The molecule has 0 saturated heterocycles. The molecule has 0 unspecified atom stereocenters. The van der Waals surface area contributed by atoms with E-state index in [1.54, 1.807) is 0 Å². The van der Waals surface area contributed by atoms with Gasteiger partial charge < -0.3 is 15.4 Å². The zero-order valence-corrected chi connectivity index (χ0v) is 9.58. The van der Waals surface area contributed by atoms with E-state index >= 15 is 0 Å². The third-order valence-corrected chi connectivity index (χ3v) is 2.29. The standard InChI is InChI=1S/C12H9N3O4/c16-10-4-1-7(5-14-10)11(17)15-8-2-3-9(12(18)19)13-6-8/h1-6H,(H,14,16)(H,15,17)(H,18,19). The van der Waals surface area contributed by atoms with Gasteiger partial charge in [-0.1, -0.05) is 0 Å². The first-order valence-electron chi connectivity index (χ1n) is 5.26. The van der Waals surface area contributed by atoms with Crippen LogP contribution in [0, 0.1) is 0 Å². The number of carbonyl (C=O) groups is 2. The number of hydrogen-bond acceptors (Lipinski definition) is 4. The number of H-pyrrole nitrogens is 1. The molecule has 96 valence electrons. The SMILES string of the molecule is O=C(Nc1ccc(C(=O)O)nc1)c1ccc(=O)[nH]c1. The number of anilines is 1. The minimum Gasteiger partial charge on any atom is -0.477 e. The summed E-state index contributed by atoms with van der Waals surface area (Å²) in [5, 5.41) is 11.2. The fourth-order valence-corrected chi connectivity index (χ4v) is 1.35. The van der Waals surface area contributed by atoms with Crippen molar-refractivity contribution in [3.05, 3.63) is 58.3 Å². The number of amides is 1. The summed E-state index contributed by atoms with van der Waals surface area (Å²) in [6.07, 6.45) is 2.53. The number of nitrogens with zero attached hydrogens (tertiary/aromatic N) is 1. The van der Waals surface area contributed by atoms with Gasteiger partial charge >= 0.3 is 5.97 Å². The Morgan fingerprint density at radius 1 is 1.21 bits per heavy atom. The van der Waals surface area contributed by atoms with Gasteiger partial charge in [0.25, 0.3) is 5.91 Å². The lowest BCUT2D eigenvalue weighted by molar-refractivity contribution is 0.0690. The van der Waals surface area contributed by atoms with Crippen LogP contribution in [0.4, 0.5) is 5.69 Å². The van der Waals surface area contributed by atoms with Crippen molar-refractivity contribution in [3.63, 3.8) is 0 Å². The predicted octanol–water partition coefficient (Wildman–Crippen LogP) is 0.720. The van der Waals surface area contributed by atoms with Gasteiger partial charge in [0, 0.05) is 12.3 Å². The smallest absolute Gasteiger partial charge is 0.354 e. The van der Waals surface area contributed by atoms with Gasteiger partial charge in [0.1, 0.15) is 5.69 Å². The van der Waals surface area contributed by atoms with Gasteiger partial charge in [0.15, 0.2) is 0 Å². The molecule has 19 heavy (non-hydrogen) atoms. The molecule has 0 atom stereocenters. The second-order valence-corrected chi connectivity index (χ2v) is 3.63. The molecule has 7 heteroatoms. The van der Waals surface area contributed by atoms with Gasteiger partial charge in [-0.05, 0) is 18.2 Å². The first-order valence-corrected chi connectivity index (χ1v) is 5.26. The van der Waals surface area contributed by atoms with Crippen LogP contribution in [0.1, 0.15) is 20.8 Å². The van der Waals surface area contributed by atoms with Crippen LogP contribution < -0.4 is 10.9 Å². The number of aromatic nitrogens is 2. The summed E-state index contributed by atoms with van der Waals surface area (Å²) in [7, 11) is 0. The number of hydrogen-bond donors (Lipinski definition) is 3. The van der Waals surface area contributed by atoms with Crippen LogP contribution in [-0.2, 0) is 0 Å². The lowest BCUT2D eigenvalue weighted by Crippen LogP contribution is -2.14. The van der Waals surface area contributed by atoms with Gasteiger partial charge in [-0.3, -0.25) is 9.59 Å². The van der Waals surface area contributed by atoms with E-state index in [0.29, 0.717) is 5.69 Å². The van der Waals surface area contributed by atoms with Gasteiger partial charge in [0.05, 0.1) is 17.4 Å². The molecule has 0 fully saturated rings. The summed E-state index contributed by atoms with van der Waals surface area (Å²) in [5.74, 6) is -1.57. The van der Waals surface area contributed by atoms with Crippen LogP contribution >= 0.6 is 0 Å². The quantitative estimate of drug-likeness (QED) is 0.751. The molecule has 2 aromatic heterocycles. The fourth-order valence-electron chi connectivity index (χ4n) is 1.35. The van der Waals surface area contributed by atoms with Crippen LogP contribution in [0.3, 0.4) is 0 Å². The minimum atomic E-state index is -1.14. The molecule has 0 bridgehead atoms. The minimum absolute atomic E-state index is 0.109. The van der Waals surface area contributed by atoms with Crippen molar-refractivity contribution in [2.24, 2.45) is 0 Å². The topological polar surface area (TPSA) is 112 Å². The molecule has 2 rings (SSSR count). The van der Waals surface area contributed by atoms with Crippen molar-refractivity contribution in [2.45, 2.75) is 0 Å². The number of nitrogens with one attached hydrogen (secondary N) is 2. The van der Waals surface area contributed by atoms with E-state index in [-0.39, 0.29) is 16.8 Å². The van der Waals surface area contributed by atoms with E-state index in [1.165, 1.54) is 36.7 Å². The molecule has 0 aliphatic heterocycles. The molecule has 0 aliphatic rings. The number of carboxylic acids is 1. The van der Waals surface area contributed by atoms with Gasteiger partial charge in [-0.25, -0.2) is 9.78 Å². The normalized spacial score (nSPS) is 9.89. The van der Waals surface area contributed by atoms with E-state index in [9.17, 15) is 14.4 Å². The third kappa shape index (κ3) is 3.03. The zero-order valence-electron chi connectivity index (χ0n) is 9.58. The molecule has 0 saturated carbocycles. The number of pyridine rings is 2. The number of carboxylic acid groups (broad SMARTS) is 1. The molecule has 1 amide bonds. The lowest BCUT2D eigenvalue weighted by atomic mass is 10.2. The number of carbonyl (C=O) groups excluding carboxylic acids is 1. The maximum absolute atomic E-state index is 11.8. The summed E-state index contributed by atoms with van der Waals surface area (Å²) in [6, 6.07) is 5.33. The van der Waals surface area contributed by atoms with Gasteiger partial charge in [-0.2, -0.15) is 0 Å². The highest BCUT2D eigenvalue weighted by atomic mass is 16.4. The van der Waals surface area contributed by atoms with Crippen LogP contribution in [0.5, 0.6) is 0 Å². The fraction of sp³-hybridized carbons (Fsp3) is 0. The highest BCUT2D eigenvalue weighted by Gasteiger charge is 2.08. The maximum Gasteiger partial charge on any atom is 0.354 e. The van der Waals surface area contributed by atoms with E-state index in [4.69, 9.17) is 5.11 Å². The number of aromatic carboxylic acids is 1. The molecule has 0 spiro atoms. The number of rotatable bonds is 3. The summed E-state index contributed by atoms with van der Waals surface area (Å²) in [4.78, 5) is 39.3. The van der Waals surface area contributed by atoms with Crippen molar-refractivity contribution in [1.29, 1.82) is 0 Å². The first-order chi connectivity index (χ1) is 9.06. The van der Waals surface area contributed by atoms with Crippen molar-refractivity contribution >= 4 is 17.6 Å². The monoisotopic (exact) mass is 259 g/mol. The van der Waals surface area contributed by atoms with Crippen LogP contribution in [0.15, 0.2) is 41.5 Å². The molecule has 2 aromatic rings. The van der Waals surface area contributed by atoms with Crippen LogP contribution in [0.2, 0.25) is 0 Å². The molecule has 2 heterocycles. The largest absolute Gasteiger partial charge is 0.477 e. The second kappa shape index (κ2) is 5.13. The average Bonchev–Trinajstić information content (AvgIpc) is 2.40. The number of aromatic amines is 1. The molecule has 3 N–H and O–H groups in total. The zero-order chi connectivity index (χ0) is 13.8. The van der Waals surface area contributed by atoms with Crippen LogP contribution in [0.25, 0.3) is 0 Å².